The van der Waals surface area contributed by atoms with Gasteiger partial charge in [0.05, 0.1) is 17.8 Å². The van der Waals surface area contributed by atoms with E-state index in [4.69, 9.17) is 4.74 Å². The Labute approximate surface area is 151 Å². The van der Waals surface area contributed by atoms with Crippen molar-refractivity contribution in [2.24, 2.45) is 0 Å². The van der Waals surface area contributed by atoms with Gasteiger partial charge in [0.15, 0.2) is 0 Å². The molecule has 1 aromatic carbocycles. The number of benzene rings is 1. The van der Waals surface area contributed by atoms with Gasteiger partial charge in [0.2, 0.25) is 0 Å². The van der Waals surface area contributed by atoms with E-state index in [0.717, 1.165) is 49.0 Å². The minimum Gasteiger partial charge on any atom is -0.497 e. The first-order valence-electron chi connectivity index (χ1n) is 8.31. The fraction of sp³-hybridized carbons (Fsp3) is 0.444. The number of hydrogen-bond donors (Lipinski definition) is 1. The van der Waals surface area contributed by atoms with Crippen molar-refractivity contribution in [3.63, 3.8) is 0 Å². The van der Waals surface area contributed by atoms with Crippen molar-refractivity contribution in [2.75, 3.05) is 33.3 Å². The maximum atomic E-state index is 11.9. The fourth-order valence-corrected chi connectivity index (χ4v) is 3.81. The zero-order valence-electron chi connectivity index (χ0n) is 14.5. The molecule has 1 aromatic heterocycles. The molecule has 0 saturated carbocycles. The van der Waals surface area contributed by atoms with Crippen LogP contribution in [0.25, 0.3) is 0 Å². The topological polar surface area (TPSA) is 65.9 Å². The third-order valence-corrected chi connectivity index (χ3v) is 5.29. The Morgan fingerprint density at radius 2 is 2.12 bits per heavy atom. The number of carbonyl (C=O) groups is 1. The lowest BCUT2D eigenvalue weighted by molar-refractivity contribution is -0.144. The quantitative estimate of drug-likeness (QED) is 0.852. The summed E-state index contributed by atoms with van der Waals surface area (Å²) in [6, 6.07) is 6.69. The number of aryl methyl sites for hydroxylation is 1. The van der Waals surface area contributed by atoms with Crippen LogP contribution in [-0.4, -0.2) is 59.1 Å². The molecule has 3 rings (SSSR count). The van der Waals surface area contributed by atoms with E-state index < -0.39 is 12.0 Å². The van der Waals surface area contributed by atoms with Crippen LogP contribution in [0.4, 0.5) is 0 Å². The largest absolute Gasteiger partial charge is 0.497 e. The van der Waals surface area contributed by atoms with Crippen LogP contribution in [0.5, 0.6) is 5.75 Å². The van der Waals surface area contributed by atoms with Gasteiger partial charge in [0.25, 0.3) is 0 Å². The van der Waals surface area contributed by atoms with Gasteiger partial charge < -0.3 is 9.84 Å². The predicted molar refractivity (Wildman–Crippen MR) is 97.1 cm³/mol. The molecule has 0 radical (unpaired) electrons. The SMILES string of the molecule is COc1cccc([C@H](C(=O)O)N2CCN(Cc3csc(C)n3)CC2)c1. The van der Waals surface area contributed by atoms with Crippen molar-refractivity contribution in [3.05, 3.63) is 45.9 Å². The van der Waals surface area contributed by atoms with Gasteiger partial charge in [-0.3, -0.25) is 14.6 Å². The van der Waals surface area contributed by atoms with Crippen LogP contribution in [-0.2, 0) is 11.3 Å². The highest BCUT2D eigenvalue weighted by Crippen LogP contribution is 2.26. The molecule has 0 bridgehead atoms. The lowest BCUT2D eigenvalue weighted by atomic mass is 10.0. The number of methoxy groups -OCH3 is 1. The maximum absolute atomic E-state index is 11.9. The van der Waals surface area contributed by atoms with Gasteiger partial charge in [-0.2, -0.15) is 0 Å². The number of carboxylic acid groups (broad SMARTS) is 1. The smallest absolute Gasteiger partial charge is 0.325 e. The minimum atomic E-state index is -0.822. The molecule has 25 heavy (non-hydrogen) atoms. The van der Waals surface area contributed by atoms with E-state index in [0.29, 0.717) is 5.75 Å². The molecule has 2 aromatic rings. The summed E-state index contributed by atoms with van der Waals surface area (Å²) in [6.45, 7) is 5.95. The normalized spacial score (nSPS) is 17.4. The summed E-state index contributed by atoms with van der Waals surface area (Å²) in [4.78, 5) is 20.7. The Balaban J connectivity index is 1.65. The Kier molecular flexibility index (Phi) is 5.67. The average molecular weight is 361 g/mol. The number of nitrogens with zero attached hydrogens (tertiary/aromatic N) is 3. The average Bonchev–Trinajstić information content (AvgIpc) is 3.01. The van der Waals surface area contributed by atoms with Crippen molar-refractivity contribution in [2.45, 2.75) is 19.5 Å². The highest BCUT2D eigenvalue weighted by Gasteiger charge is 2.30. The summed E-state index contributed by atoms with van der Waals surface area (Å²) in [7, 11) is 1.59. The first-order chi connectivity index (χ1) is 12.1. The standard InChI is InChI=1S/C18H23N3O3S/c1-13-19-15(12-25-13)11-20-6-8-21(9-7-20)17(18(22)23)14-4-3-5-16(10-14)24-2/h3-5,10,12,17H,6-9,11H2,1-2H3,(H,22,23)/t17-/m1/s1. The van der Waals surface area contributed by atoms with E-state index in [-0.39, 0.29) is 0 Å². The van der Waals surface area contributed by atoms with Gasteiger partial charge in [0, 0.05) is 38.1 Å². The highest BCUT2D eigenvalue weighted by atomic mass is 32.1. The van der Waals surface area contributed by atoms with Crippen molar-refractivity contribution in [3.8, 4) is 5.75 Å². The third kappa shape index (κ3) is 4.36. The highest BCUT2D eigenvalue weighted by molar-refractivity contribution is 7.09. The van der Waals surface area contributed by atoms with Gasteiger partial charge in [-0.1, -0.05) is 12.1 Å². The zero-order valence-corrected chi connectivity index (χ0v) is 15.3. The van der Waals surface area contributed by atoms with Crippen LogP contribution in [0.15, 0.2) is 29.6 Å². The lowest BCUT2D eigenvalue weighted by Crippen LogP contribution is -2.48. The van der Waals surface area contributed by atoms with E-state index in [9.17, 15) is 9.90 Å². The Bertz CT molecular complexity index is 726. The van der Waals surface area contributed by atoms with Gasteiger partial charge in [-0.05, 0) is 24.6 Å². The predicted octanol–water partition coefficient (Wildman–Crippen LogP) is 2.40. The molecule has 134 valence electrons. The summed E-state index contributed by atoms with van der Waals surface area (Å²) in [5.74, 6) is -0.141. The van der Waals surface area contributed by atoms with Crippen molar-refractivity contribution < 1.29 is 14.6 Å². The summed E-state index contributed by atoms with van der Waals surface area (Å²) < 4.78 is 5.23. The second kappa shape index (κ2) is 7.95. The molecule has 1 aliphatic rings. The van der Waals surface area contributed by atoms with Crippen LogP contribution >= 0.6 is 11.3 Å². The molecule has 2 heterocycles. The number of thiazole rings is 1. The minimum absolute atomic E-state index is 0.640. The van der Waals surface area contributed by atoms with Crippen LogP contribution in [0.1, 0.15) is 22.3 Å². The maximum Gasteiger partial charge on any atom is 0.325 e. The van der Waals surface area contributed by atoms with Gasteiger partial charge in [-0.25, -0.2) is 4.98 Å². The molecule has 1 N–H and O–H groups in total. The molecule has 6 nitrogen and oxygen atoms in total. The van der Waals surface area contributed by atoms with Gasteiger partial charge in [-0.15, -0.1) is 11.3 Å². The first-order valence-corrected chi connectivity index (χ1v) is 9.19. The number of ether oxygens (including phenoxy) is 1. The monoisotopic (exact) mass is 361 g/mol. The third-order valence-electron chi connectivity index (χ3n) is 4.47. The number of hydrogen-bond acceptors (Lipinski definition) is 6. The van der Waals surface area contributed by atoms with E-state index >= 15 is 0 Å². The molecule has 1 fully saturated rings. The summed E-state index contributed by atoms with van der Waals surface area (Å²) in [5.41, 5.74) is 1.86. The molecule has 0 spiro atoms. The molecule has 0 unspecified atom stereocenters. The fourth-order valence-electron chi connectivity index (χ4n) is 3.21. The van der Waals surface area contributed by atoms with Crippen LogP contribution in [0.2, 0.25) is 0 Å². The summed E-state index contributed by atoms with van der Waals surface area (Å²) in [6.07, 6.45) is 0. The van der Waals surface area contributed by atoms with Crippen molar-refractivity contribution >= 4 is 17.3 Å². The van der Waals surface area contributed by atoms with E-state index in [1.807, 2.05) is 36.1 Å². The number of rotatable bonds is 6. The molecule has 1 aliphatic heterocycles. The zero-order chi connectivity index (χ0) is 17.8. The molecule has 1 atom stereocenters. The molecular formula is C18H23N3O3S. The number of carboxylic acids is 1. The molecule has 1 saturated heterocycles. The molecule has 0 aliphatic carbocycles. The lowest BCUT2D eigenvalue weighted by Gasteiger charge is -2.37. The van der Waals surface area contributed by atoms with Gasteiger partial charge in [0.1, 0.15) is 11.8 Å². The van der Waals surface area contributed by atoms with E-state index in [2.05, 4.69) is 15.3 Å². The Morgan fingerprint density at radius 1 is 1.36 bits per heavy atom. The van der Waals surface area contributed by atoms with Crippen molar-refractivity contribution in [1.82, 2.24) is 14.8 Å². The second-order valence-corrected chi connectivity index (χ2v) is 7.25. The van der Waals surface area contributed by atoms with E-state index in [1.54, 1.807) is 18.4 Å². The Hall–Kier alpha value is -1.96. The summed E-state index contributed by atoms with van der Waals surface area (Å²) >= 11 is 1.67. The van der Waals surface area contributed by atoms with Gasteiger partial charge >= 0.3 is 5.97 Å². The van der Waals surface area contributed by atoms with E-state index in [1.165, 1.54) is 0 Å². The molecule has 7 heteroatoms. The summed E-state index contributed by atoms with van der Waals surface area (Å²) in [5, 5.41) is 12.9. The van der Waals surface area contributed by atoms with Crippen LogP contribution in [0.3, 0.4) is 0 Å². The molecule has 0 amide bonds. The second-order valence-electron chi connectivity index (χ2n) is 6.19. The van der Waals surface area contributed by atoms with Crippen molar-refractivity contribution in [1.29, 1.82) is 0 Å². The van der Waals surface area contributed by atoms with Crippen LogP contribution < -0.4 is 4.74 Å². The first kappa shape index (κ1) is 17.8. The Morgan fingerprint density at radius 3 is 2.72 bits per heavy atom. The number of aliphatic carboxylic acids is 1. The van der Waals surface area contributed by atoms with Crippen LogP contribution in [0, 0.1) is 6.92 Å². The number of aromatic nitrogens is 1. The number of piperazine rings is 1. The molecular weight excluding hydrogens is 338 g/mol.